The van der Waals surface area contributed by atoms with Crippen LogP contribution in [-0.2, 0) is 33.4 Å². The van der Waals surface area contributed by atoms with Gasteiger partial charge in [-0.3, -0.25) is 4.79 Å². The number of methoxy groups -OCH3 is 1. The van der Waals surface area contributed by atoms with Gasteiger partial charge in [-0.15, -0.1) is 6.58 Å². The molecule has 0 aliphatic heterocycles. The molecule has 33 heavy (non-hydrogen) atoms. The van der Waals surface area contributed by atoms with E-state index in [1.165, 1.54) is 6.20 Å². The summed E-state index contributed by atoms with van der Waals surface area (Å²) in [7, 11) is -2.15. The number of carbonyl (C=O) groups excluding carboxylic acids is 1. The first-order valence-electron chi connectivity index (χ1n) is 10.6. The molecular formula is C25H29N3O4S. The van der Waals surface area contributed by atoms with E-state index in [1.54, 1.807) is 59.1 Å². The molecule has 0 radical (unpaired) electrons. The fourth-order valence-corrected chi connectivity index (χ4v) is 5.01. The lowest BCUT2D eigenvalue weighted by Crippen LogP contribution is -2.32. The maximum Gasteiger partial charge on any atom is 0.254 e. The average Bonchev–Trinajstić information content (AvgIpc) is 3.21. The van der Waals surface area contributed by atoms with Crippen LogP contribution in [0.4, 0.5) is 0 Å². The molecule has 1 amide bonds. The molecular weight excluding hydrogens is 438 g/mol. The van der Waals surface area contributed by atoms with Gasteiger partial charge < -0.3 is 14.2 Å². The molecule has 8 heteroatoms. The first kappa shape index (κ1) is 24.4. The van der Waals surface area contributed by atoms with E-state index in [2.05, 4.69) is 11.6 Å². The van der Waals surface area contributed by atoms with Gasteiger partial charge in [0.15, 0.2) is 0 Å². The molecule has 7 nitrogen and oxygen atoms in total. The number of amides is 1. The molecule has 0 spiro atoms. The van der Waals surface area contributed by atoms with E-state index in [9.17, 15) is 13.2 Å². The first-order valence-corrected chi connectivity index (χ1v) is 12.3. The Kier molecular flexibility index (Phi) is 8.19. The smallest absolute Gasteiger partial charge is 0.254 e. The quantitative estimate of drug-likeness (QED) is 0.402. The van der Waals surface area contributed by atoms with Crippen LogP contribution in [0.2, 0.25) is 0 Å². The Labute approximate surface area is 195 Å². The highest BCUT2D eigenvalue weighted by molar-refractivity contribution is 7.90. The number of nitrogens with zero attached hydrogens (tertiary/aromatic N) is 3. The van der Waals surface area contributed by atoms with E-state index < -0.39 is 9.84 Å². The van der Waals surface area contributed by atoms with Gasteiger partial charge in [0.2, 0.25) is 15.0 Å². The van der Waals surface area contributed by atoms with Crippen molar-refractivity contribution >= 4 is 15.7 Å². The van der Waals surface area contributed by atoms with E-state index >= 15 is 0 Å². The SMILES string of the molecule is C=CCN(Cc1cnc(S(=O)(=O)Cc2ccccc2)n1CCOC)C(=O)c1ccc(C)cc1. The second-order valence-electron chi connectivity index (χ2n) is 7.76. The Morgan fingerprint density at radius 1 is 1.15 bits per heavy atom. The van der Waals surface area contributed by atoms with Gasteiger partial charge >= 0.3 is 0 Å². The number of ether oxygens (including phenoxy) is 1. The Balaban J connectivity index is 1.92. The van der Waals surface area contributed by atoms with Gasteiger partial charge in [0.25, 0.3) is 5.91 Å². The van der Waals surface area contributed by atoms with Crippen molar-refractivity contribution in [2.75, 3.05) is 20.3 Å². The Hall–Kier alpha value is -3.23. The third kappa shape index (κ3) is 6.18. The van der Waals surface area contributed by atoms with Crippen LogP contribution >= 0.6 is 0 Å². The standard InChI is InChI=1S/C25H29N3O4S/c1-4-14-27(24(29)22-12-10-20(2)11-13-22)18-23-17-26-25(28(23)15-16-32-3)33(30,31)19-21-8-6-5-7-9-21/h4-13,17H,1,14-16,18-19H2,2-3H3. The monoisotopic (exact) mass is 467 g/mol. The van der Waals surface area contributed by atoms with E-state index in [4.69, 9.17) is 4.74 Å². The van der Waals surface area contributed by atoms with Crippen molar-refractivity contribution in [2.24, 2.45) is 0 Å². The summed E-state index contributed by atoms with van der Waals surface area (Å²) in [6, 6.07) is 16.3. The summed E-state index contributed by atoms with van der Waals surface area (Å²) in [6.45, 7) is 6.84. The molecule has 1 heterocycles. The fourth-order valence-electron chi connectivity index (χ4n) is 3.50. The van der Waals surface area contributed by atoms with Crippen LogP contribution in [0.5, 0.6) is 0 Å². The number of sulfone groups is 1. The van der Waals surface area contributed by atoms with Gasteiger partial charge in [0.1, 0.15) is 0 Å². The lowest BCUT2D eigenvalue weighted by atomic mass is 10.1. The molecule has 3 aromatic rings. The van der Waals surface area contributed by atoms with E-state index in [-0.39, 0.29) is 23.4 Å². The largest absolute Gasteiger partial charge is 0.383 e. The maximum atomic E-state index is 13.2. The molecule has 0 atom stereocenters. The van der Waals surface area contributed by atoms with Crippen LogP contribution in [0.3, 0.4) is 0 Å². The van der Waals surface area contributed by atoms with Crippen molar-refractivity contribution in [3.05, 3.63) is 95.8 Å². The van der Waals surface area contributed by atoms with Crippen LogP contribution in [-0.4, -0.2) is 49.0 Å². The molecule has 174 valence electrons. The molecule has 0 aliphatic carbocycles. The summed E-state index contributed by atoms with van der Waals surface area (Å²) >= 11 is 0. The summed E-state index contributed by atoms with van der Waals surface area (Å²) in [4.78, 5) is 19.0. The van der Waals surface area contributed by atoms with Gasteiger partial charge in [0, 0.05) is 25.8 Å². The van der Waals surface area contributed by atoms with Gasteiger partial charge in [-0.2, -0.15) is 0 Å². The molecule has 3 rings (SSSR count). The van der Waals surface area contributed by atoms with Crippen LogP contribution in [0, 0.1) is 6.92 Å². The van der Waals surface area contributed by atoms with Crippen molar-refractivity contribution in [1.82, 2.24) is 14.5 Å². The molecule has 0 N–H and O–H groups in total. The second-order valence-corrected chi connectivity index (χ2v) is 9.64. The van der Waals surface area contributed by atoms with Crippen molar-refractivity contribution in [3.8, 4) is 0 Å². The number of aryl methyl sites for hydroxylation is 1. The lowest BCUT2D eigenvalue weighted by molar-refractivity contribution is 0.0758. The molecule has 2 aromatic carbocycles. The minimum Gasteiger partial charge on any atom is -0.383 e. The average molecular weight is 468 g/mol. The number of hydrogen-bond donors (Lipinski definition) is 0. The topological polar surface area (TPSA) is 81.5 Å². The van der Waals surface area contributed by atoms with Crippen LogP contribution in [0.1, 0.15) is 27.2 Å². The molecule has 0 bridgehead atoms. The van der Waals surface area contributed by atoms with Gasteiger partial charge in [0.05, 0.1) is 30.8 Å². The predicted octanol–water partition coefficient (Wildman–Crippen LogP) is 3.64. The minimum atomic E-state index is -3.71. The third-order valence-electron chi connectivity index (χ3n) is 5.19. The molecule has 0 aliphatic rings. The summed E-state index contributed by atoms with van der Waals surface area (Å²) in [5.74, 6) is -0.321. The second kappa shape index (κ2) is 11.1. The third-order valence-corrected chi connectivity index (χ3v) is 6.78. The summed E-state index contributed by atoms with van der Waals surface area (Å²) in [6.07, 6.45) is 3.17. The minimum absolute atomic E-state index is 0.0280. The highest BCUT2D eigenvalue weighted by atomic mass is 32.2. The number of carbonyl (C=O) groups is 1. The van der Waals surface area contributed by atoms with Gasteiger partial charge in [-0.1, -0.05) is 54.1 Å². The fraction of sp³-hybridized carbons (Fsp3) is 0.280. The number of rotatable bonds is 11. The van der Waals surface area contributed by atoms with E-state index in [0.717, 1.165) is 5.56 Å². The molecule has 0 fully saturated rings. The zero-order valence-electron chi connectivity index (χ0n) is 19.0. The number of benzene rings is 2. The summed E-state index contributed by atoms with van der Waals surface area (Å²) in [5.41, 5.74) is 2.92. The van der Waals surface area contributed by atoms with Gasteiger partial charge in [-0.05, 0) is 24.6 Å². The molecule has 0 saturated carbocycles. The van der Waals surface area contributed by atoms with Crippen LogP contribution < -0.4 is 0 Å². The highest BCUT2D eigenvalue weighted by Gasteiger charge is 2.25. The van der Waals surface area contributed by atoms with E-state index in [1.807, 2.05) is 25.1 Å². The Morgan fingerprint density at radius 3 is 2.48 bits per heavy atom. The van der Waals surface area contributed by atoms with Crippen molar-refractivity contribution < 1.29 is 17.9 Å². The molecule has 0 saturated heterocycles. The maximum absolute atomic E-state index is 13.2. The van der Waals surface area contributed by atoms with Crippen LogP contribution in [0.15, 0.2) is 78.6 Å². The zero-order valence-corrected chi connectivity index (χ0v) is 19.8. The Bertz CT molecular complexity index is 1190. The zero-order chi connectivity index (χ0) is 23.8. The number of aromatic nitrogens is 2. The van der Waals surface area contributed by atoms with E-state index in [0.29, 0.717) is 36.5 Å². The first-order chi connectivity index (χ1) is 15.9. The van der Waals surface area contributed by atoms with Crippen molar-refractivity contribution in [3.63, 3.8) is 0 Å². The summed E-state index contributed by atoms with van der Waals surface area (Å²) < 4.78 is 33.2. The number of imidazole rings is 1. The lowest BCUT2D eigenvalue weighted by Gasteiger charge is -2.22. The van der Waals surface area contributed by atoms with Crippen molar-refractivity contribution in [1.29, 1.82) is 0 Å². The molecule has 0 unspecified atom stereocenters. The van der Waals surface area contributed by atoms with Crippen LogP contribution in [0.25, 0.3) is 0 Å². The Morgan fingerprint density at radius 2 is 1.85 bits per heavy atom. The van der Waals surface area contributed by atoms with Crippen molar-refractivity contribution in [2.45, 2.75) is 30.9 Å². The highest BCUT2D eigenvalue weighted by Crippen LogP contribution is 2.20. The van der Waals surface area contributed by atoms with Gasteiger partial charge in [-0.25, -0.2) is 13.4 Å². The summed E-state index contributed by atoms with van der Waals surface area (Å²) in [5, 5.41) is -0.0280. The molecule has 1 aromatic heterocycles. The normalized spacial score (nSPS) is 11.3. The number of hydrogen-bond acceptors (Lipinski definition) is 5. The predicted molar refractivity (Wildman–Crippen MR) is 128 cm³/mol.